The van der Waals surface area contributed by atoms with Crippen LogP contribution in [0.15, 0.2) is 5.11 Å². The van der Waals surface area contributed by atoms with Gasteiger partial charge >= 0.3 is 0 Å². The van der Waals surface area contributed by atoms with Gasteiger partial charge < -0.3 is 5.11 Å². The van der Waals surface area contributed by atoms with E-state index in [0.717, 1.165) is 25.8 Å². The molecule has 1 aliphatic rings. The fourth-order valence-corrected chi connectivity index (χ4v) is 3.06. The maximum absolute atomic E-state index is 9.39. The summed E-state index contributed by atoms with van der Waals surface area (Å²) in [5, 5.41) is 15.0. The number of azide groups is 1. The number of nitrogens with zero attached hydrogens (tertiary/aromatic N) is 4. The van der Waals surface area contributed by atoms with E-state index in [1.165, 1.54) is 0 Å². The number of hydrogen-bond acceptors (Lipinski definition) is 4. The number of hydroxylamine groups is 2. The molecule has 19 heavy (non-hydrogen) atoms. The van der Waals surface area contributed by atoms with E-state index >= 15 is 0 Å². The topological polar surface area (TPSA) is 81.5 Å². The molecule has 110 valence electrons. The van der Waals surface area contributed by atoms with Gasteiger partial charge in [0, 0.05) is 18.1 Å². The molecule has 0 aromatic rings. The van der Waals surface area contributed by atoms with E-state index < -0.39 is 0 Å². The highest BCUT2D eigenvalue weighted by Crippen LogP contribution is 2.39. The van der Waals surface area contributed by atoms with Gasteiger partial charge in [0.05, 0.1) is 18.2 Å². The lowest BCUT2D eigenvalue weighted by Gasteiger charge is -2.37. The van der Waals surface area contributed by atoms with E-state index in [4.69, 9.17) is 10.4 Å². The summed E-state index contributed by atoms with van der Waals surface area (Å²) in [6.07, 6.45) is 3.45. The molecular weight excluding hydrogens is 244 g/mol. The zero-order chi connectivity index (χ0) is 14.3. The molecule has 1 aliphatic heterocycles. The van der Waals surface area contributed by atoms with Crippen molar-refractivity contribution in [2.45, 2.75) is 58.1 Å². The lowest BCUT2D eigenvalue weighted by atomic mass is 9.82. The van der Waals surface area contributed by atoms with E-state index in [2.05, 4.69) is 30.8 Å². The van der Waals surface area contributed by atoms with Gasteiger partial charge in [-0.3, -0.25) is 4.84 Å². The van der Waals surface area contributed by atoms with Crippen molar-refractivity contribution in [2.75, 3.05) is 19.7 Å². The molecule has 1 N–H and O–H groups in total. The Balaban J connectivity index is 2.84. The first-order chi connectivity index (χ1) is 9.07. The number of hydrogen-bond donors (Lipinski definition) is 1. The molecule has 6 heteroatoms. The largest absolute Gasteiger partial charge is 0.396 e. The van der Waals surface area contributed by atoms with Crippen LogP contribution in [0.1, 0.15) is 46.5 Å². The first-order valence-electron chi connectivity index (χ1n) is 7.14. The molecular formula is C13H26N4O2. The molecule has 0 saturated carbocycles. The molecule has 1 fully saturated rings. The molecule has 0 aromatic heterocycles. The molecule has 0 radical (unpaired) electrons. The van der Waals surface area contributed by atoms with Gasteiger partial charge in [-0.1, -0.05) is 25.9 Å². The van der Waals surface area contributed by atoms with Crippen LogP contribution in [0, 0.1) is 5.92 Å². The zero-order valence-corrected chi connectivity index (χ0v) is 12.2. The number of aliphatic hydroxyl groups is 1. The first kappa shape index (κ1) is 16.2. The van der Waals surface area contributed by atoms with Crippen molar-refractivity contribution in [3.8, 4) is 0 Å². The van der Waals surface area contributed by atoms with Crippen molar-refractivity contribution >= 4 is 0 Å². The zero-order valence-electron chi connectivity index (χ0n) is 12.2. The second-order valence-corrected chi connectivity index (χ2v) is 5.74. The highest BCUT2D eigenvalue weighted by molar-refractivity contribution is 4.95. The van der Waals surface area contributed by atoms with E-state index in [1.807, 2.05) is 5.06 Å². The molecule has 0 aromatic carbocycles. The fourth-order valence-electron chi connectivity index (χ4n) is 3.06. The quantitative estimate of drug-likeness (QED) is 0.418. The molecule has 0 unspecified atom stereocenters. The lowest BCUT2D eigenvalue weighted by Crippen LogP contribution is -2.45. The average molecular weight is 270 g/mol. The predicted molar refractivity (Wildman–Crippen MR) is 74.4 cm³/mol. The van der Waals surface area contributed by atoms with Gasteiger partial charge in [0.15, 0.2) is 0 Å². The SMILES string of the molecule is CCCN1O[C@@H](CN=[N+]=[N-])C[C@@]1(CCO)CC(C)C. The molecule has 0 aliphatic carbocycles. The average Bonchev–Trinajstić information content (AvgIpc) is 2.65. The van der Waals surface area contributed by atoms with E-state index in [9.17, 15) is 5.11 Å². The van der Waals surface area contributed by atoms with Crippen LogP contribution < -0.4 is 0 Å². The Bertz CT molecular complexity index is 318. The smallest absolute Gasteiger partial charge is 0.0868 e. The van der Waals surface area contributed by atoms with Crippen LogP contribution in [0.3, 0.4) is 0 Å². The van der Waals surface area contributed by atoms with Crippen LogP contribution in [0.2, 0.25) is 0 Å². The van der Waals surface area contributed by atoms with Gasteiger partial charge in [0.25, 0.3) is 0 Å². The van der Waals surface area contributed by atoms with Gasteiger partial charge in [0.1, 0.15) is 0 Å². The molecule has 1 saturated heterocycles. The van der Waals surface area contributed by atoms with Crippen molar-refractivity contribution < 1.29 is 9.94 Å². The summed E-state index contributed by atoms with van der Waals surface area (Å²) in [6, 6.07) is 0. The van der Waals surface area contributed by atoms with Gasteiger partial charge in [-0.15, -0.1) is 0 Å². The normalized spacial score (nSPS) is 27.7. The van der Waals surface area contributed by atoms with Crippen molar-refractivity contribution in [3.63, 3.8) is 0 Å². The molecule has 0 amide bonds. The van der Waals surface area contributed by atoms with Crippen molar-refractivity contribution in [1.29, 1.82) is 0 Å². The minimum absolute atomic E-state index is 0.0623. The van der Waals surface area contributed by atoms with Gasteiger partial charge in [-0.25, -0.2) is 0 Å². The van der Waals surface area contributed by atoms with Gasteiger partial charge in [0.2, 0.25) is 0 Å². The highest BCUT2D eigenvalue weighted by atomic mass is 16.7. The first-order valence-corrected chi connectivity index (χ1v) is 7.14. The summed E-state index contributed by atoms with van der Waals surface area (Å²) in [7, 11) is 0. The van der Waals surface area contributed by atoms with Crippen LogP contribution in [0.4, 0.5) is 0 Å². The third-order valence-electron chi connectivity index (χ3n) is 3.55. The molecule has 1 rings (SSSR count). The Kier molecular flexibility index (Phi) is 6.58. The molecule has 6 nitrogen and oxygen atoms in total. The van der Waals surface area contributed by atoms with Crippen LogP contribution >= 0.6 is 0 Å². The Morgan fingerprint density at radius 2 is 2.32 bits per heavy atom. The standard InChI is InChI=1S/C13H26N4O2/c1-4-6-17-13(5-7-18,8-11(2)3)9-12(19-17)10-15-16-14/h11-12,18H,4-10H2,1-3H3/t12-,13-/m1/s1. The van der Waals surface area contributed by atoms with Crippen LogP contribution in [-0.4, -0.2) is 41.5 Å². The predicted octanol–water partition coefficient (Wildman–Crippen LogP) is 2.88. The summed E-state index contributed by atoms with van der Waals surface area (Å²) >= 11 is 0. The third kappa shape index (κ3) is 4.35. The fraction of sp³-hybridized carbons (Fsp3) is 1.00. The van der Waals surface area contributed by atoms with Gasteiger partial charge in [-0.05, 0) is 37.1 Å². The summed E-state index contributed by atoms with van der Waals surface area (Å²) in [4.78, 5) is 8.73. The highest BCUT2D eigenvalue weighted by Gasteiger charge is 2.46. The maximum atomic E-state index is 9.39. The Morgan fingerprint density at radius 3 is 2.84 bits per heavy atom. The lowest BCUT2D eigenvalue weighted by molar-refractivity contribution is -0.192. The van der Waals surface area contributed by atoms with Gasteiger partial charge in [-0.2, -0.15) is 5.06 Å². The van der Waals surface area contributed by atoms with Crippen molar-refractivity contribution in [3.05, 3.63) is 10.4 Å². The summed E-state index contributed by atoms with van der Waals surface area (Å²) < 4.78 is 0. The molecule has 1 heterocycles. The van der Waals surface area contributed by atoms with Crippen LogP contribution in [-0.2, 0) is 4.84 Å². The van der Waals surface area contributed by atoms with Crippen molar-refractivity contribution in [2.24, 2.45) is 11.0 Å². The Morgan fingerprint density at radius 1 is 1.58 bits per heavy atom. The molecule has 0 spiro atoms. The minimum Gasteiger partial charge on any atom is -0.396 e. The minimum atomic E-state index is -0.116. The second-order valence-electron chi connectivity index (χ2n) is 5.74. The van der Waals surface area contributed by atoms with Crippen molar-refractivity contribution in [1.82, 2.24) is 5.06 Å². The number of aliphatic hydroxyl groups excluding tert-OH is 1. The van der Waals surface area contributed by atoms with E-state index in [0.29, 0.717) is 18.9 Å². The maximum Gasteiger partial charge on any atom is 0.0868 e. The molecule has 0 bridgehead atoms. The van der Waals surface area contributed by atoms with Crippen LogP contribution in [0.5, 0.6) is 0 Å². The third-order valence-corrected chi connectivity index (χ3v) is 3.55. The monoisotopic (exact) mass is 270 g/mol. The summed E-state index contributed by atoms with van der Waals surface area (Å²) in [6.45, 7) is 7.85. The Labute approximate surface area is 115 Å². The second kappa shape index (κ2) is 7.70. The van der Waals surface area contributed by atoms with E-state index in [1.54, 1.807) is 0 Å². The van der Waals surface area contributed by atoms with E-state index in [-0.39, 0.29) is 18.2 Å². The number of rotatable bonds is 8. The molecule has 2 atom stereocenters. The summed E-state index contributed by atoms with van der Waals surface area (Å²) in [5.41, 5.74) is 8.31. The van der Waals surface area contributed by atoms with Crippen LogP contribution in [0.25, 0.3) is 10.4 Å². The summed E-state index contributed by atoms with van der Waals surface area (Å²) in [5.74, 6) is 0.535. The Hall–Kier alpha value is -0.810.